The summed E-state index contributed by atoms with van der Waals surface area (Å²) in [5.74, 6) is 2.11. The van der Waals surface area contributed by atoms with Crippen molar-refractivity contribution < 1.29 is 0 Å². The summed E-state index contributed by atoms with van der Waals surface area (Å²) in [6, 6.07) is 0.708. The second-order valence-electron chi connectivity index (χ2n) is 4.96. The highest BCUT2D eigenvalue weighted by Crippen LogP contribution is 2.26. The lowest BCUT2D eigenvalue weighted by Gasteiger charge is -2.28. The van der Waals surface area contributed by atoms with Crippen molar-refractivity contribution in [3.05, 3.63) is 18.2 Å². The summed E-state index contributed by atoms with van der Waals surface area (Å²) in [7, 11) is 2.05. The van der Waals surface area contributed by atoms with E-state index in [4.69, 9.17) is 0 Å². The van der Waals surface area contributed by atoms with Gasteiger partial charge in [-0.25, -0.2) is 4.98 Å². The molecule has 1 aliphatic rings. The highest BCUT2D eigenvalue weighted by molar-refractivity contribution is 4.91. The number of hydrogen-bond donors (Lipinski definition) is 1. The highest BCUT2D eigenvalue weighted by atomic mass is 15.1. The number of rotatable bonds is 4. The second kappa shape index (κ2) is 5.48. The Kier molecular flexibility index (Phi) is 3.99. The van der Waals surface area contributed by atoms with Gasteiger partial charge in [0.05, 0.1) is 6.54 Å². The fraction of sp³-hybridized carbons (Fsp3) is 0.769. The molecular formula is C13H23N3. The number of aryl methyl sites for hydroxylation is 1. The lowest BCUT2D eigenvalue weighted by Crippen LogP contribution is -2.33. The van der Waals surface area contributed by atoms with Crippen molar-refractivity contribution in [1.29, 1.82) is 0 Å². The molecule has 0 bridgehead atoms. The summed E-state index contributed by atoms with van der Waals surface area (Å²) in [5, 5.41) is 3.63. The molecule has 2 rings (SSSR count). The highest BCUT2D eigenvalue weighted by Gasteiger charge is 2.19. The van der Waals surface area contributed by atoms with Gasteiger partial charge < -0.3 is 9.88 Å². The Morgan fingerprint density at radius 2 is 2.12 bits per heavy atom. The molecule has 0 aliphatic heterocycles. The van der Waals surface area contributed by atoms with E-state index < -0.39 is 0 Å². The predicted molar refractivity (Wildman–Crippen MR) is 66.1 cm³/mol. The Hall–Kier alpha value is -0.830. The largest absolute Gasteiger partial charge is 0.337 e. The van der Waals surface area contributed by atoms with E-state index in [-0.39, 0.29) is 0 Å². The van der Waals surface area contributed by atoms with E-state index in [1.165, 1.54) is 32.1 Å². The maximum absolute atomic E-state index is 4.33. The van der Waals surface area contributed by atoms with Crippen molar-refractivity contribution in [3.8, 4) is 0 Å². The molecule has 1 N–H and O–H groups in total. The maximum Gasteiger partial charge on any atom is 0.122 e. The van der Waals surface area contributed by atoms with Gasteiger partial charge in [0.25, 0.3) is 0 Å². The Labute approximate surface area is 98.3 Å². The van der Waals surface area contributed by atoms with Crippen LogP contribution in [-0.4, -0.2) is 15.6 Å². The molecule has 1 saturated carbocycles. The first-order chi connectivity index (χ1) is 7.79. The summed E-state index contributed by atoms with van der Waals surface area (Å²) in [6.45, 7) is 3.22. The molecule has 90 valence electrons. The van der Waals surface area contributed by atoms with Crippen LogP contribution in [-0.2, 0) is 13.6 Å². The van der Waals surface area contributed by atoms with Crippen LogP contribution in [0.1, 0.15) is 44.9 Å². The predicted octanol–water partition coefficient (Wildman–Crippen LogP) is 2.48. The second-order valence-corrected chi connectivity index (χ2v) is 4.96. The zero-order chi connectivity index (χ0) is 11.4. The minimum Gasteiger partial charge on any atom is -0.337 e. The van der Waals surface area contributed by atoms with Crippen molar-refractivity contribution in [2.75, 3.05) is 0 Å². The summed E-state index contributed by atoms with van der Waals surface area (Å²) in [4.78, 5) is 4.33. The molecule has 3 heteroatoms. The number of nitrogens with zero attached hydrogens (tertiary/aromatic N) is 2. The molecule has 3 nitrogen and oxygen atoms in total. The molecule has 0 saturated heterocycles. The van der Waals surface area contributed by atoms with Crippen LogP contribution in [0.25, 0.3) is 0 Å². The minimum atomic E-state index is 0.708. The van der Waals surface area contributed by atoms with Crippen LogP contribution in [0.4, 0.5) is 0 Å². The van der Waals surface area contributed by atoms with Gasteiger partial charge in [-0.3, -0.25) is 0 Å². The molecule has 0 unspecified atom stereocenters. The van der Waals surface area contributed by atoms with E-state index in [0.29, 0.717) is 6.04 Å². The monoisotopic (exact) mass is 221 g/mol. The summed E-state index contributed by atoms with van der Waals surface area (Å²) >= 11 is 0. The Balaban J connectivity index is 1.73. The molecule has 1 aromatic rings. The van der Waals surface area contributed by atoms with Crippen LogP contribution < -0.4 is 5.32 Å². The van der Waals surface area contributed by atoms with Crippen LogP contribution in [0.2, 0.25) is 0 Å². The van der Waals surface area contributed by atoms with Gasteiger partial charge in [0.1, 0.15) is 5.82 Å². The SMILES string of the molecule is CCC1CCC(NCc2nccn2C)CC1. The van der Waals surface area contributed by atoms with E-state index >= 15 is 0 Å². The first-order valence-electron chi connectivity index (χ1n) is 6.49. The number of aromatic nitrogens is 2. The molecule has 1 aromatic heterocycles. The van der Waals surface area contributed by atoms with Gasteiger partial charge in [0.15, 0.2) is 0 Å². The minimum absolute atomic E-state index is 0.708. The van der Waals surface area contributed by atoms with Gasteiger partial charge in [0.2, 0.25) is 0 Å². The lowest BCUT2D eigenvalue weighted by molar-refractivity contribution is 0.283. The summed E-state index contributed by atoms with van der Waals surface area (Å²) < 4.78 is 2.09. The van der Waals surface area contributed by atoms with Crippen molar-refractivity contribution in [1.82, 2.24) is 14.9 Å². The van der Waals surface area contributed by atoms with Gasteiger partial charge in [-0.05, 0) is 31.6 Å². The Morgan fingerprint density at radius 1 is 1.38 bits per heavy atom. The van der Waals surface area contributed by atoms with E-state index in [9.17, 15) is 0 Å². The first-order valence-corrected chi connectivity index (χ1v) is 6.49. The van der Waals surface area contributed by atoms with E-state index in [1.54, 1.807) is 0 Å². The van der Waals surface area contributed by atoms with Crippen LogP contribution in [0.5, 0.6) is 0 Å². The standard InChI is InChI=1S/C13H23N3/c1-3-11-4-6-12(7-5-11)15-10-13-14-8-9-16(13)2/h8-9,11-12,15H,3-7,10H2,1-2H3. The average molecular weight is 221 g/mol. The smallest absolute Gasteiger partial charge is 0.122 e. The molecule has 0 amide bonds. The normalized spacial score (nSPS) is 25.9. The third-order valence-corrected chi connectivity index (χ3v) is 3.89. The maximum atomic E-state index is 4.33. The molecule has 0 aromatic carbocycles. The zero-order valence-electron chi connectivity index (χ0n) is 10.4. The Morgan fingerprint density at radius 3 is 2.69 bits per heavy atom. The molecule has 1 aliphatic carbocycles. The van der Waals surface area contributed by atoms with E-state index in [0.717, 1.165) is 18.3 Å². The van der Waals surface area contributed by atoms with Crippen molar-refractivity contribution in [2.45, 2.75) is 51.6 Å². The molecule has 16 heavy (non-hydrogen) atoms. The number of nitrogens with one attached hydrogen (secondary N) is 1. The van der Waals surface area contributed by atoms with Gasteiger partial charge in [-0.2, -0.15) is 0 Å². The molecule has 1 fully saturated rings. The topological polar surface area (TPSA) is 29.9 Å². The van der Waals surface area contributed by atoms with Crippen molar-refractivity contribution in [3.63, 3.8) is 0 Å². The van der Waals surface area contributed by atoms with E-state index in [1.807, 2.05) is 12.4 Å². The van der Waals surface area contributed by atoms with Gasteiger partial charge in [-0.15, -0.1) is 0 Å². The summed E-state index contributed by atoms with van der Waals surface area (Å²) in [5.41, 5.74) is 0. The van der Waals surface area contributed by atoms with Crippen LogP contribution >= 0.6 is 0 Å². The van der Waals surface area contributed by atoms with Crippen LogP contribution in [0, 0.1) is 5.92 Å². The van der Waals surface area contributed by atoms with Gasteiger partial charge in [0, 0.05) is 25.5 Å². The molecular weight excluding hydrogens is 198 g/mol. The molecule has 0 atom stereocenters. The fourth-order valence-electron chi connectivity index (χ4n) is 2.58. The van der Waals surface area contributed by atoms with Crippen LogP contribution in [0.3, 0.4) is 0 Å². The quantitative estimate of drug-likeness (QED) is 0.846. The van der Waals surface area contributed by atoms with Gasteiger partial charge >= 0.3 is 0 Å². The number of imidazole rings is 1. The van der Waals surface area contributed by atoms with Crippen molar-refractivity contribution >= 4 is 0 Å². The van der Waals surface area contributed by atoms with Gasteiger partial charge in [-0.1, -0.05) is 13.3 Å². The molecule has 0 spiro atoms. The molecule has 1 heterocycles. The summed E-state index contributed by atoms with van der Waals surface area (Å²) in [6.07, 6.45) is 10.7. The molecule has 0 radical (unpaired) electrons. The average Bonchev–Trinajstić information content (AvgIpc) is 2.73. The Bertz CT molecular complexity index is 311. The van der Waals surface area contributed by atoms with Crippen LogP contribution in [0.15, 0.2) is 12.4 Å². The van der Waals surface area contributed by atoms with Crippen molar-refractivity contribution in [2.24, 2.45) is 13.0 Å². The lowest BCUT2D eigenvalue weighted by atomic mass is 9.84. The first kappa shape index (κ1) is 11.6. The third-order valence-electron chi connectivity index (χ3n) is 3.89. The fourth-order valence-corrected chi connectivity index (χ4v) is 2.58. The number of hydrogen-bond acceptors (Lipinski definition) is 2. The zero-order valence-corrected chi connectivity index (χ0v) is 10.4. The third kappa shape index (κ3) is 2.85. The van der Waals surface area contributed by atoms with E-state index in [2.05, 4.69) is 28.8 Å².